The zero-order valence-electron chi connectivity index (χ0n) is 17.2. The number of hydrogen-bond acceptors (Lipinski definition) is 7. The van der Waals surface area contributed by atoms with E-state index < -0.39 is 13.5 Å². The Morgan fingerprint density at radius 1 is 1.06 bits per heavy atom. The summed E-state index contributed by atoms with van der Waals surface area (Å²) in [7, 11) is -1.41. The Bertz CT molecular complexity index is 1080. The number of nitrogens with one attached hydrogen (secondary N) is 2. The molecule has 1 heterocycles. The van der Waals surface area contributed by atoms with E-state index in [1.165, 1.54) is 30.6 Å². The Morgan fingerprint density at radius 3 is 2.52 bits per heavy atom. The standard InChI is InChI=1S/C21H20BF3N4O4/c23-21(24,25)33-17-7-5-16(6-8-17)29-19-12-18(27-13-28-19)14-3-1-4-15(11-14)20(30)26-10-2-9-22(31)32/h1,3-8,11-13,31-32H,2,9-10H2,(H,26,30)(H,27,28,29). The van der Waals surface area contributed by atoms with Gasteiger partial charge >= 0.3 is 13.5 Å². The SMILES string of the molecule is O=C(NCCCB(O)O)c1cccc(-c2cc(Nc3ccc(OC(F)(F)F)cc3)ncn2)c1. The molecule has 0 saturated heterocycles. The molecule has 172 valence electrons. The molecule has 1 amide bonds. The van der Waals surface area contributed by atoms with Crippen LogP contribution in [0.25, 0.3) is 11.3 Å². The highest BCUT2D eigenvalue weighted by molar-refractivity contribution is 6.40. The molecular formula is C21H20BF3N4O4. The fourth-order valence-electron chi connectivity index (χ4n) is 2.88. The van der Waals surface area contributed by atoms with Crippen molar-refractivity contribution in [3.05, 3.63) is 66.5 Å². The van der Waals surface area contributed by atoms with Crippen molar-refractivity contribution < 1.29 is 32.8 Å². The van der Waals surface area contributed by atoms with E-state index in [1.54, 1.807) is 30.3 Å². The second kappa shape index (κ2) is 10.8. The monoisotopic (exact) mass is 460 g/mol. The zero-order valence-corrected chi connectivity index (χ0v) is 17.2. The number of benzene rings is 2. The predicted molar refractivity (Wildman–Crippen MR) is 116 cm³/mol. The molecule has 0 bridgehead atoms. The highest BCUT2D eigenvalue weighted by Gasteiger charge is 2.30. The molecule has 0 aliphatic heterocycles. The first-order chi connectivity index (χ1) is 15.7. The fraction of sp³-hybridized carbons (Fsp3) is 0.190. The third-order valence-electron chi connectivity index (χ3n) is 4.37. The third kappa shape index (κ3) is 7.77. The summed E-state index contributed by atoms with van der Waals surface area (Å²) in [5.41, 5.74) is 2.09. The Morgan fingerprint density at radius 2 is 1.82 bits per heavy atom. The van der Waals surface area contributed by atoms with E-state index in [0.29, 0.717) is 41.3 Å². The molecule has 0 fully saturated rings. The molecule has 0 aliphatic carbocycles. The number of hydrogen-bond donors (Lipinski definition) is 4. The molecule has 0 saturated carbocycles. The fourth-order valence-corrected chi connectivity index (χ4v) is 2.88. The number of carbonyl (C=O) groups is 1. The maximum absolute atomic E-state index is 12.3. The molecule has 3 rings (SSSR count). The van der Waals surface area contributed by atoms with Crippen LogP contribution in [0.4, 0.5) is 24.7 Å². The second-order valence-electron chi connectivity index (χ2n) is 6.95. The summed E-state index contributed by atoms with van der Waals surface area (Å²) < 4.78 is 40.7. The van der Waals surface area contributed by atoms with Crippen molar-refractivity contribution in [1.29, 1.82) is 0 Å². The highest BCUT2D eigenvalue weighted by atomic mass is 19.4. The van der Waals surface area contributed by atoms with Gasteiger partial charge < -0.3 is 25.4 Å². The Hall–Kier alpha value is -3.64. The minimum Gasteiger partial charge on any atom is -0.427 e. The lowest BCUT2D eigenvalue weighted by Gasteiger charge is -2.11. The topological polar surface area (TPSA) is 117 Å². The maximum atomic E-state index is 12.3. The van der Waals surface area contributed by atoms with Crippen LogP contribution in [0.2, 0.25) is 6.32 Å². The van der Waals surface area contributed by atoms with Gasteiger partial charge in [-0.3, -0.25) is 4.79 Å². The van der Waals surface area contributed by atoms with Crippen LogP contribution in [0.15, 0.2) is 60.9 Å². The Kier molecular flexibility index (Phi) is 7.85. The lowest BCUT2D eigenvalue weighted by molar-refractivity contribution is -0.274. The van der Waals surface area contributed by atoms with Gasteiger partial charge in [0, 0.05) is 29.4 Å². The summed E-state index contributed by atoms with van der Waals surface area (Å²) in [6.07, 6.45) is -2.85. The number of alkyl halides is 3. The minimum atomic E-state index is -4.76. The highest BCUT2D eigenvalue weighted by Crippen LogP contribution is 2.26. The molecule has 0 spiro atoms. The van der Waals surface area contributed by atoms with Crippen molar-refractivity contribution >= 4 is 24.5 Å². The van der Waals surface area contributed by atoms with Crippen molar-refractivity contribution in [2.45, 2.75) is 19.1 Å². The largest absolute Gasteiger partial charge is 0.573 e. The number of aromatic nitrogens is 2. The number of amides is 1. The van der Waals surface area contributed by atoms with Gasteiger partial charge in [-0.1, -0.05) is 12.1 Å². The summed E-state index contributed by atoms with van der Waals surface area (Å²) in [4.78, 5) is 20.7. The maximum Gasteiger partial charge on any atom is 0.573 e. The van der Waals surface area contributed by atoms with Gasteiger partial charge in [-0.25, -0.2) is 9.97 Å². The summed E-state index contributed by atoms with van der Waals surface area (Å²) >= 11 is 0. The molecule has 1 aromatic heterocycles. The molecule has 33 heavy (non-hydrogen) atoms. The summed E-state index contributed by atoms with van der Waals surface area (Å²) in [6.45, 7) is 0.301. The predicted octanol–water partition coefficient (Wildman–Crippen LogP) is 3.38. The van der Waals surface area contributed by atoms with Crippen LogP contribution in [-0.4, -0.2) is 45.9 Å². The van der Waals surface area contributed by atoms with E-state index in [1.807, 2.05) is 0 Å². The summed E-state index contributed by atoms with van der Waals surface area (Å²) in [5.74, 6) is -0.237. The van der Waals surface area contributed by atoms with Gasteiger partial charge in [-0.05, 0) is 49.1 Å². The first kappa shape index (κ1) is 24.0. The molecular weight excluding hydrogens is 440 g/mol. The second-order valence-corrected chi connectivity index (χ2v) is 6.95. The van der Waals surface area contributed by atoms with Crippen LogP contribution in [0.5, 0.6) is 5.75 Å². The van der Waals surface area contributed by atoms with E-state index in [9.17, 15) is 18.0 Å². The molecule has 0 aliphatic rings. The third-order valence-corrected chi connectivity index (χ3v) is 4.37. The average molecular weight is 460 g/mol. The van der Waals surface area contributed by atoms with Gasteiger partial charge in [0.2, 0.25) is 0 Å². The Balaban J connectivity index is 1.67. The number of halogens is 3. The Labute approximate surface area is 187 Å². The van der Waals surface area contributed by atoms with Crippen molar-refractivity contribution in [2.24, 2.45) is 0 Å². The lowest BCUT2D eigenvalue weighted by Crippen LogP contribution is -2.25. The molecule has 0 atom stereocenters. The number of ether oxygens (including phenoxy) is 1. The van der Waals surface area contributed by atoms with Crippen molar-refractivity contribution in [3.8, 4) is 17.0 Å². The van der Waals surface area contributed by atoms with Gasteiger partial charge in [-0.2, -0.15) is 0 Å². The van der Waals surface area contributed by atoms with Crippen LogP contribution in [0.3, 0.4) is 0 Å². The zero-order chi connectivity index (χ0) is 23.8. The number of nitrogens with zero attached hydrogens (tertiary/aromatic N) is 2. The quantitative estimate of drug-likeness (QED) is 0.286. The van der Waals surface area contributed by atoms with Crippen LogP contribution < -0.4 is 15.4 Å². The van der Waals surface area contributed by atoms with E-state index in [-0.39, 0.29) is 18.0 Å². The van der Waals surface area contributed by atoms with Crippen molar-refractivity contribution in [2.75, 3.05) is 11.9 Å². The molecule has 2 aromatic carbocycles. The molecule has 0 radical (unpaired) electrons. The number of carbonyl (C=O) groups excluding carboxylic acids is 1. The van der Waals surface area contributed by atoms with Gasteiger partial charge in [0.1, 0.15) is 17.9 Å². The van der Waals surface area contributed by atoms with Crippen LogP contribution >= 0.6 is 0 Å². The van der Waals surface area contributed by atoms with Crippen molar-refractivity contribution in [1.82, 2.24) is 15.3 Å². The van der Waals surface area contributed by atoms with E-state index >= 15 is 0 Å². The first-order valence-corrected chi connectivity index (χ1v) is 9.89. The summed E-state index contributed by atoms with van der Waals surface area (Å²) in [6, 6.07) is 13.6. The molecule has 3 aromatic rings. The summed E-state index contributed by atoms with van der Waals surface area (Å²) in [5, 5.41) is 23.4. The molecule has 4 N–H and O–H groups in total. The molecule has 0 unspecified atom stereocenters. The van der Waals surface area contributed by atoms with E-state index in [4.69, 9.17) is 10.0 Å². The van der Waals surface area contributed by atoms with Crippen LogP contribution in [0.1, 0.15) is 16.8 Å². The molecule has 8 nitrogen and oxygen atoms in total. The van der Waals surface area contributed by atoms with Crippen LogP contribution in [0, 0.1) is 0 Å². The van der Waals surface area contributed by atoms with Gasteiger partial charge in [0.15, 0.2) is 0 Å². The van der Waals surface area contributed by atoms with Crippen molar-refractivity contribution in [3.63, 3.8) is 0 Å². The number of anilines is 2. The minimum absolute atomic E-state index is 0.162. The van der Waals surface area contributed by atoms with Gasteiger partial charge in [-0.15, -0.1) is 13.2 Å². The average Bonchev–Trinajstić information content (AvgIpc) is 2.77. The first-order valence-electron chi connectivity index (χ1n) is 9.89. The normalized spacial score (nSPS) is 11.1. The van der Waals surface area contributed by atoms with Gasteiger partial charge in [0.05, 0.1) is 5.69 Å². The van der Waals surface area contributed by atoms with Gasteiger partial charge in [0.25, 0.3) is 5.91 Å². The van der Waals surface area contributed by atoms with E-state index in [2.05, 4.69) is 25.3 Å². The van der Waals surface area contributed by atoms with Crippen LogP contribution in [-0.2, 0) is 0 Å². The number of rotatable bonds is 9. The lowest BCUT2D eigenvalue weighted by atomic mass is 9.84. The molecule has 12 heteroatoms. The smallest absolute Gasteiger partial charge is 0.427 e. The van der Waals surface area contributed by atoms with E-state index in [0.717, 1.165) is 0 Å².